The molecule has 4 fully saturated rings. The molecule has 214 valence electrons. The second kappa shape index (κ2) is 9.93. The van der Waals surface area contributed by atoms with E-state index in [1.807, 2.05) is 6.92 Å². The molecule has 0 amide bonds. The van der Waals surface area contributed by atoms with Crippen LogP contribution in [0.3, 0.4) is 0 Å². The van der Waals surface area contributed by atoms with Crippen molar-refractivity contribution < 1.29 is 18.1 Å². The Morgan fingerprint density at radius 3 is 1.76 bits per heavy atom. The van der Waals surface area contributed by atoms with Crippen LogP contribution in [0.25, 0.3) is 0 Å². The molecule has 4 saturated carbocycles. The highest BCUT2D eigenvalue weighted by Gasteiger charge is 2.64. The van der Waals surface area contributed by atoms with Gasteiger partial charge in [0.15, 0.2) is 25.0 Å². The lowest BCUT2D eigenvalue weighted by atomic mass is 9.44. The molecular weight excluding hydrogens is 509 g/mol. The second-order valence-electron chi connectivity index (χ2n) is 16.8. The molecule has 0 aliphatic heterocycles. The van der Waals surface area contributed by atoms with Crippen molar-refractivity contribution in [3.05, 3.63) is 0 Å². The van der Waals surface area contributed by atoms with Crippen LogP contribution in [0.5, 0.6) is 0 Å². The molecule has 0 heterocycles. The Hall–Kier alpha value is 0.201. The average molecular weight is 567 g/mol. The van der Waals surface area contributed by atoms with E-state index in [0.29, 0.717) is 23.0 Å². The van der Waals surface area contributed by atoms with Crippen LogP contribution < -0.4 is 0 Å². The van der Waals surface area contributed by atoms with Gasteiger partial charge >= 0.3 is 0 Å². The van der Waals surface area contributed by atoms with E-state index < -0.39 is 25.0 Å². The van der Waals surface area contributed by atoms with Gasteiger partial charge in [0.2, 0.25) is 0 Å². The van der Waals surface area contributed by atoms with E-state index in [9.17, 15) is 4.79 Å². The van der Waals surface area contributed by atoms with E-state index >= 15 is 0 Å². The molecule has 0 aromatic rings. The minimum atomic E-state index is -1.73. The lowest BCUT2D eigenvalue weighted by Crippen LogP contribution is -2.59. The molecule has 0 N–H and O–H groups in total. The molecule has 4 aliphatic carbocycles. The van der Waals surface area contributed by atoms with Gasteiger partial charge < -0.3 is 13.3 Å². The van der Waals surface area contributed by atoms with Crippen molar-refractivity contribution in [1.82, 2.24) is 0 Å². The SMILES string of the molecule is CC(=O)[C@H]1C(O[Si](C)(C)C)CC2C3CCC4CC(O[Si](C)(C)C)C(O[Si](C)(C)C)C[C@]4(C)C3CC[C@@]21C. The van der Waals surface area contributed by atoms with Gasteiger partial charge in [-0.05, 0) is 145 Å². The summed E-state index contributed by atoms with van der Waals surface area (Å²) in [5.74, 6) is 3.19. The quantitative estimate of drug-likeness (QED) is 0.292. The fourth-order valence-electron chi connectivity index (χ4n) is 9.67. The number of carbonyl (C=O) groups is 1. The highest BCUT2D eigenvalue weighted by Crippen LogP contribution is 2.68. The predicted molar refractivity (Wildman–Crippen MR) is 161 cm³/mol. The zero-order chi connectivity index (χ0) is 27.8. The van der Waals surface area contributed by atoms with Gasteiger partial charge in [0.25, 0.3) is 0 Å². The number of hydrogen-bond donors (Lipinski definition) is 0. The Kier molecular flexibility index (Phi) is 8.10. The zero-order valence-corrected chi connectivity index (χ0v) is 29.2. The van der Waals surface area contributed by atoms with E-state index in [1.54, 1.807) is 0 Å². The van der Waals surface area contributed by atoms with Gasteiger partial charge in [-0.2, -0.15) is 0 Å². The molecule has 0 radical (unpaired) electrons. The third-order valence-corrected chi connectivity index (χ3v) is 13.6. The largest absolute Gasteiger partial charge is 0.414 e. The summed E-state index contributed by atoms with van der Waals surface area (Å²) in [7, 11) is -5.08. The van der Waals surface area contributed by atoms with E-state index in [2.05, 4.69) is 72.8 Å². The number of Topliss-reactive ketones (excluding diaryl/α,β-unsaturated/α-hetero) is 1. The summed E-state index contributed by atoms with van der Waals surface area (Å²) in [5, 5.41) is 0. The molecule has 0 aromatic carbocycles. The van der Waals surface area contributed by atoms with Gasteiger partial charge in [-0.1, -0.05) is 13.8 Å². The van der Waals surface area contributed by atoms with Gasteiger partial charge in [0.1, 0.15) is 5.78 Å². The number of carbonyl (C=O) groups excluding carboxylic acids is 1. The molecule has 0 aromatic heterocycles. The van der Waals surface area contributed by atoms with Crippen LogP contribution in [0.1, 0.15) is 65.7 Å². The standard InChI is InChI=1S/C30H58O4Si3/c1-20(31)28-26(33-36(7,8)9)18-24-22-14-13-21-17-25(32-35(4,5)6)27(34-37(10,11)12)19-30(21,3)23(22)15-16-29(24,28)2/h21-28H,13-19H2,1-12H3/t21?,22?,23?,24?,25?,26?,27?,28-,29-,30-/m0/s1. The summed E-state index contributed by atoms with van der Waals surface area (Å²) in [6.07, 6.45) is 9.04. The van der Waals surface area contributed by atoms with Gasteiger partial charge in [-0.3, -0.25) is 4.79 Å². The van der Waals surface area contributed by atoms with Crippen LogP contribution in [-0.2, 0) is 18.1 Å². The molecule has 0 bridgehead atoms. The average Bonchev–Trinajstić information content (AvgIpc) is 2.96. The second-order valence-corrected chi connectivity index (χ2v) is 30.2. The van der Waals surface area contributed by atoms with E-state index in [4.69, 9.17) is 13.3 Å². The zero-order valence-electron chi connectivity index (χ0n) is 26.2. The Morgan fingerprint density at radius 1 is 0.676 bits per heavy atom. The first kappa shape index (κ1) is 30.2. The van der Waals surface area contributed by atoms with E-state index in [0.717, 1.165) is 24.7 Å². The van der Waals surface area contributed by atoms with Crippen molar-refractivity contribution in [2.75, 3.05) is 0 Å². The highest BCUT2D eigenvalue weighted by molar-refractivity contribution is 6.70. The Bertz CT molecular complexity index is 858. The maximum Gasteiger partial charge on any atom is 0.184 e. The van der Waals surface area contributed by atoms with Crippen LogP contribution >= 0.6 is 0 Å². The van der Waals surface area contributed by atoms with Crippen molar-refractivity contribution >= 4 is 30.7 Å². The molecule has 7 heteroatoms. The number of hydrogen-bond acceptors (Lipinski definition) is 4. The summed E-state index contributed by atoms with van der Waals surface area (Å²) in [4.78, 5) is 13.1. The highest BCUT2D eigenvalue weighted by atomic mass is 28.4. The first-order valence-corrected chi connectivity index (χ1v) is 25.5. The first-order chi connectivity index (χ1) is 16.7. The molecule has 0 spiro atoms. The minimum Gasteiger partial charge on any atom is -0.414 e. The molecule has 4 aliphatic rings. The minimum absolute atomic E-state index is 0.0690. The summed E-state index contributed by atoms with van der Waals surface area (Å²) in [6.45, 7) is 27.7. The fourth-order valence-corrected chi connectivity index (χ4v) is 13.1. The third-order valence-electron chi connectivity index (χ3n) is 10.6. The molecule has 0 saturated heterocycles. The molecule has 10 atom stereocenters. The summed E-state index contributed by atoms with van der Waals surface area (Å²) in [5.41, 5.74) is 0.393. The van der Waals surface area contributed by atoms with Crippen molar-refractivity contribution in [3.8, 4) is 0 Å². The molecular formula is C30H58O4Si3. The summed E-state index contributed by atoms with van der Waals surface area (Å²) in [6, 6.07) is 0. The number of fused-ring (bicyclic) bond motifs is 5. The van der Waals surface area contributed by atoms with Crippen LogP contribution in [0.2, 0.25) is 58.9 Å². The molecule has 37 heavy (non-hydrogen) atoms. The van der Waals surface area contributed by atoms with Gasteiger partial charge in [0.05, 0.1) is 18.3 Å². The molecule has 4 nitrogen and oxygen atoms in total. The maximum absolute atomic E-state index is 13.1. The summed E-state index contributed by atoms with van der Waals surface area (Å²) < 4.78 is 20.5. The summed E-state index contributed by atoms with van der Waals surface area (Å²) >= 11 is 0. The van der Waals surface area contributed by atoms with Crippen LogP contribution in [0, 0.1) is 40.4 Å². The Balaban J connectivity index is 1.63. The topological polar surface area (TPSA) is 44.8 Å². The maximum atomic E-state index is 13.1. The lowest BCUT2D eigenvalue weighted by molar-refractivity contribution is -0.155. The van der Waals surface area contributed by atoms with E-state index in [1.165, 1.54) is 32.1 Å². The molecule has 7 unspecified atom stereocenters. The lowest BCUT2D eigenvalue weighted by Gasteiger charge is -2.62. The van der Waals surface area contributed by atoms with Gasteiger partial charge in [-0.15, -0.1) is 0 Å². The van der Waals surface area contributed by atoms with E-state index in [-0.39, 0.29) is 29.6 Å². The van der Waals surface area contributed by atoms with Crippen molar-refractivity contribution in [1.29, 1.82) is 0 Å². The van der Waals surface area contributed by atoms with Crippen LogP contribution in [0.4, 0.5) is 0 Å². The number of ketones is 1. The van der Waals surface area contributed by atoms with Gasteiger partial charge in [0, 0.05) is 5.92 Å². The first-order valence-electron chi connectivity index (χ1n) is 15.3. The van der Waals surface area contributed by atoms with Crippen molar-refractivity contribution in [2.24, 2.45) is 40.4 Å². The fraction of sp³-hybridized carbons (Fsp3) is 0.967. The van der Waals surface area contributed by atoms with Gasteiger partial charge in [-0.25, -0.2) is 0 Å². The normalized spacial score (nSPS) is 44.6. The van der Waals surface area contributed by atoms with Crippen LogP contribution in [-0.4, -0.2) is 49.0 Å². The van der Waals surface area contributed by atoms with Crippen molar-refractivity contribution in [2.45, 2.75) is 143 Å². The van der Waals surface area contributed by atoms with Crippen molar-refractivity contribution in [3.63, 3.8) is 0 Å². The smallest absolute Gasteiger partial charge is 0.184 e. The third kappa shape index (κ3) is 6.12. The van der Waals surface area contributed by atoms with Crippen LogP contribution in [0.15, 0.2) is 0 Å². The molecule has 4 rings (SSSR count). The predicted octanol–water partition coefficient (Wildman–Crippen LogP) is 8.11. The Labute approximate surface area is 231 Å². The number of rotatable bonds is 7. The monoisotopic (exact) mass is 566 g/mol. The Morgan fingerprint density at radius 2 is 1.22 bits per heavy atom.